The summed E-state index contributed by atoms with van der Waals surface area (Å²) in [5, 5.41) is 3.12. The number of benzene rings is 2. The predicted octanol–water partition coefficient (Wildman–Crippen LogP) is 3.89. The molecule has 27 heavy (non-hydrogen) atoms. The van der Waals surface area contributed by atoms with Gasteiger partial charge in [0.2, 0.25) is 5.91 Å². The molecule has 138 valence electrons. The van der Waals surface area contributed by atoms with Crippen LogP contribution in [0.4, 0.5) is 5.69 Å². The Morgan fingerprint density at radius 2 is 1.81 bits per heavy atom. The van der Waals surface area contributed by atoms with Crippen molar-refractivity contribution in [2.24, 2.45) is 0 Å². The summed E-state index contributed by atoms with van der Waals surface area (Å²) < 4.78 is 1.56. The smallest absolute Gasteiger partial charge is 0.287 e. The van der Waals surface area contributed by atoms with Gasteiger partial charge < -0.3 is 5.32 Å². The Morgan fingerprint density at radius 3 is 2.52 bits per heavy atom. The van der Waals surface area contributed by atoms with Gasteiger partial charge in [-0.05, 0) is 56.2 Å². The van der Waals surface area contributed by atoms with Crippen molar-refractivity contribution < 1.29 is 4.79 Å². The van der Waals surface area contributed by atoms with E-state index in [0.717, 1.165) is 34.3 Å². The highest BCUT2D eigenvalue weighted by molar-refractivity contribution is 7.99. The van der Waals surface area contributed by atoms with Crippen LogP contribution >= 0.6 is 11.8 Å². The van der Waals surface area contributed by atoms with Crippen molar-refractivity contribution in [3.8, 4) is 5.69 Å². The van der Waals surface area contributed by atoms with Gasteiger partial charge in [0.15, 0.2) is 5.03 Å². The van der Waals surface area contributed by atoms with Crippen molar-refractivity contribution in [2.45, 2.75) is 25.8 Å². The molecule has 0 saturated carbocycles. The summed E-state index contributed by atoms with van der Waals surface area (Å²) in [6, 6.07) is 13.4. The Balaban J connectivity index is 1.72. The van der Waals surface area contributed by atoms with Crippen molar-refractivity contribution in [1.82, 2.24) is 9.55 Å². The quantitative estimate of drug-likeness (QED) is 0.683. The third kappa shape index (κ3) is 4.65. The molecule has 1 heterocycles. The summed E-state index contributed by atoms with van der Waals surface area (Å²) in [5.74, 6) is -0.0563. The molecule has 0 radical (unpaired) electrons. The first-order valence-electron chi connectivity index (χ1n) is 8.58. The first kappa shape index (κ1) is 18.9. The molecule has 1 N–H and O–H groups in total. The van der Waals surface area contributed by atoms with Crippen molar-refractivity contribution in [2.75, 3.05) is 11.1 Å². The molecule has 0 unspecified atom stereocenters. The van der Waals surface area contributed by atoms with Gasteiger partial charge in [-0.25, -0.2) is 4.98 Å². The topological polar surface area (TPSA) is 64.0 Å². The summed E-state index contributed by atoms with van der Waals surface area (Å²) in [5.41, 5.74) is 4.71. The van der Waals surface area contributed by atoms with E-state index in [-0.39, 0.29) is 17.2 Å². The van der Waals surface area contributed by atoms with Gasteiger partial charge in [-0.1, -0.05) is 35.5 Å². The second-order valence-corrected chi connectivity index (χ2v) is 7.34. The highest BCUT2D eigenvalue weighted by Gasteiger charge is 2.11. The molecule has 0 bridgehead atoms. The zero-order valence-electron chi connectivity index (χ0n) is 15.5. The van der Waals surface area contributed by atoms with E-state index in [1.807, 2.05) is 63.2 Å². The highest BCUT2D eigenvalue weighted by atomic mass is 32.2. The molecule has 0 aliphatic carbocycles. The normalized spacial score (nSPS) is 10.6. The lowest BCUT2D eigenvalue weighted by atomic mass is 10.1. The molecule has 3 aromatic rings. The molecule has 1 aromatic heterocycles. The minimum Gasteiger partial charge on any atom is -0.325 e. The number of rotatable bonds is 5. The van der Waals surface area contributed by atoms with Gasteiger partial charge in [-0.3, -0.25) is 14.2 Å². The van der Waals surface area contributed by atoms with Crippen LogP contribution in [-0.4, -0.2) is 21.2 Å². The number of nitrogens with one attached hydrogen (secondary N) is 1. The van der Waals surface area contributed by atoms with Crippen LogP contribution in [0, 0.1) is 20.8 Å². The van der Waals surface area contributed by atoms with E-state index in [2.05, 4.69) is 10.3 Å². The van der Waals surface area contributed by atoms with E-state index in [0.29, 0.717) is 5.03 Å². The van der Waals surface area contributed by atoms with Crippen LogP contribution in [0.1, 0.15) is 16.7 Å². The molecule has 0 saturated heterocycles. The van der Waals surface area contributed by atoms with E-state index >= 15 is 0 Å². The number of anilines is 1. The average molecular weight is 379 g/mol. The van der Waals surface area contributed by atoms with Gasteiger partial charge in [0.1, 0.15) is 0 Å². The Kier molecular flexibility index (Phi) is 5.76. The zero-order valence-corrected chi connectivity index (χ0v) is 16.3. The molecule has 0 aliphatic heterocycles. The number of carbonyl (C=O) groups is 1. The Bertz CT molecular complexity index is 1030. The van der Waals surface area contributed by atoms with Gasteiger partial charge >= 0.3 is 0 Å². The van der Waals surface area contributed by atoms with Crippen molar-refractivity contribution >= 4 is 23.4 Å². The number of thioether (sulfide) groups is 1. The summed E-state index contributed by atoms with van der Waals surface area (Å²) in [6.07, 6.45) is 3.22. The molecule has 1 amide bonds. The lowest BCUT2D eigenvalue weighted by Gasteiger charge is -2.09. The lowest BCUT2D eigenvalue weighted by Crippen LogP contribution is -2.22. The third-order valence-corrected chi connectivity index (χ3v) is 5.21. The van der Waals surface area contributed by atoms with E-state index in [1.54, 1.807) is 17.0 Å². The first-order valence-corrected chi connectivity index (χ1v) is 9.57. The van der Waals surface area contributed by atoms with Crippen LogP contribution in [0.2, 0.25) is 0 Å². The number of aryl methyl sites for hydroxylation is 3. The fraction of sp³-hybridized carbons (Fsp3) is 0.190. The van der Waals surface area contributed by atoms with E-state index < -0.39 is 0 Å². The van der Waals surface area contributed by atoms with Crippen LogP contribution in [0.25, 0.3) is 5.69 Å². The lowest BCUT2D eigenvalue weighted by molar-refractivity contribution is -0.113. The van der Waals surface area contributed by atoms with E-state index in [9.17, 15) is 9.59 Å². The number of carbonyl (C=O) groups excluding carboxylic acids is 1. The molecule has 3 rings (SSSR count). The summed E-state index contributed by atoms with van der Waals surface area (Å²) in [6.45, 7) is 6.03. The number of nitrogens with zero attached hydrogens (tertiary/aromatic N) is 2. The van der Waals surface area contributed by atoms with Crippen LogP contribution in [-0.2, 0) is 4.79 Å². The minimum atomic E-state index is -0.228. The van der Waals surface area contributed by atoms with E-state index in [1.165, 1.54) is 5.56 Å². The fourth-order valence-corrected chi connectivity index (χ4v) is 3.24. The van der Waals surface area contributed by atoms with Gasteiger partial charge in [-0.2, -0.15) is 0 Å². The second kappa shape index (κ2) is 8.22. The molecule has 6 heteroatoms. The van der Waals surface area contributed by atoms with Crippen LogP contribution < -0.4 is 10.9 Å². The Labute approximate surface area is 162 Å². The maximum absolute atomic E-state index is 12.7. The zero-order chi connectivity index (χ0) is 19.4. The number of aromatic nitrogens is 2. The molecule has 0 atom stereocenters. The number of amides is 1. The Hall–Kier alpha value is -2.86. The number of hydrogen-bond donors (Lipinski definition) is 1. The van der Waals surface area contributed by atoms with Crippen molar-refractivity contribution in [3.63, 3.8) is 0 Å². The average Bonchev–Trinajstić information content (AvgIpc) is 2.65. The molecular weight excluding hydrogens is 358 g/mol. The van der Waals surface area contributed by atoms with Gasteiger partial charge in [0, 0.05) is 23.8 Å². The van der Waals surface area contributed by atoms with Crippen LogP contribution in [0.5, 0.6) is 0 Å². The third-order valence-electron chi connectivity index (χ3n) is 4.25. The largest absolute Gasteiger partial charge is 0.325 e. The molecule has 2 aromatic carbocycles. The van der Waals surface area contributed by atoms with Crippen molar-refractivity contribution in [3.05, 3.63) is 81.9 Å². The monoisotopic (exact) mass is 379 g/mol. The first-order chi connectivity index (χ1) is 12.9. The SMILES string of the molecule is Cc1ccc(NC(=O)CSc2nccn(-c3ccc(C)c(C)c3)c2=O)cc1. The summed E-state index contributed by atoms with van der Waals surface area (Å²) in [4.78, 5) is 29.0. The summed E-state index contributed by atoms with van der Waals surface area (Å²) >= 11 is 1.14. The van der Waals surface area contributed by atoms with Crippen LogP contribution in [0.3, 0.4) is 0 Å². The standard InChI is InChI=1S/C21H21N3O2S/c1-14-4-7-17(8-5-14)23-19(25)13-27-20-21(26)24(11-10-22-20)18-9-6-15(2)16(3)12-18/h4-12H,13H2,1-3H3,(H,23,25). The van der Waals surface area contributed by atoms with Gasteiger partial charge in [-0.15, -0.1) is 0 Å². The summed E-state index contributed by atoms with van der Waals surface area (Å²) in [7, 11) is 0. The molecule has 0 fully saturated rings. The maximum Gasteiger partial charge on any atom is 0.287 e. The maximum atomic E-state index is 12.7. The van der Waals surface area contributed by atoms with Crippen LogP contribution in [0.15, 0.2) is 64.7 Å². The number of hydrogen-bond acceptors (Lipinski definition) is 4. The van der Waals surface area contributed by atoms with Gasteiger partial charge in [0.05, 0.1) is 5.75 Å². The predicted molar refractivity (Wildman–Crippen MR) is 110 cm³/mol. The second-order valence-electron chi connectivity index (χ2n) is 6.38. The molecular formula is C21H21N3O2S. The van der Waals surface area contributed by atoms with E-state index in [4.69, 9.17) is 0 Å². The molecule has 0 aliphatic rings. The fourth-order valence-electron chi connectivity index (χ4n) is 2.54. The molecule has 5 nitrogen and oxygen atoms in total. The Morgan fingerprint density at radius 1 is 1.07 bits per heavy atom. The van der Waals surface area contributed by atoms with Crippen molar-refractivity contribution in [1.29, 1.82) is 0 Å². The molecule has 0 spiro atoms. The minimum absolute atomic E-state index is 0.118. The highest BCUT2D eigenvalue weighted by Crippen LogP contribution is 2.16. The van der Waals surface area contributed by atoms with Gasteiger partial charge in [0.25, 0.3) is 5.56 Å².